The molecule has 2 atom stereocenters. The summed E-state index contributed by atoms with van der Waals surface area (Å²) in [7, 11) is 1.55. The quantitative estimate of drug-likeness (QED) is 0.344. The molecule has 200 valence electrons. The van der Waals surface area contributed by atoms with Crippen molar-refractivity contribution >= 4 is 5.78 Å². The van der Waals surface area contributed by atoms with Crippen molar-refractivity contribution in [2.45, 2.75) is 56.8 Å². The summed E-state index contributed by atoms with van der Waals surface area (Å²) in [6.45, 7) is 3.41. The van der Waals surface area contributed by atoms with Crippen molar-refractivity contribution in [3.63, 3.8) is 0 Å². The molecule has 1 fully saturated rings. The van der Waals surface area contributed by atoms with Crippen LogP contribution in [0.3, 0.4) is 0 Å². The van der Waals surface area contributed by atoms with Crippen LogP contribution in [0.4, 0.5) is 0 Å². The highest BCUT2D eigenvalue weighted by Crippen LogP contribution is 2.44. The second-order valence-corrected chi connectivity index (χ2v) is 10.6. The predicted molar refractivity (Wildman–Crippen MR) is 143 cm³/mol. The van der Waals surface area contributed by atoms with Crippen LogP contribution >= 0.6 is 0 Å². The average Bonchev–Trinajstić information content (AvgIpc) is 3.68. The molecule has 2 aromatic carbocycles. The Bertz CT molecular complexity index is 1350. The second kappa shape index (κ2) is 10.0. The summed E-state index contributed by atoms with van der Waals surface area (Å²) >= 11 is 0. The number of nitrogens with zero attached hydrogens (tertiary/aromatic N) is 1. The number of hydrogen-bond acceptors (Lipinski definition) is 8. The number of aliphatic hydroxyl groups is 2. The lowest BCUT2D eigenvalue weighted by Gasteiger charge is -2.26. The van der Waals surface area contributed by atoms with E-state index in [1.54, 1.807) is 38.3 Å². The molecule has 1 aromatic heterocycles. The normalized spacial score (nSPS) is 19.8. The summed E-state index contributed by atoms with van der Waals surface area (Å²) in [5, 5.41) is 21.5. The molecule has 1 aliphatic heterocycles. The SMILES string of the molecule is COc1cc(C(=O)CCC(C)(O)c2cc3c(c(-c4ccc(C)cc4)n2)OCC3(N)CO)ccc1OC1CC1. The molecule has 2 aliphatic rings. The third-order valence-corrected chi connectivity index (χ3v) is 7.28. The van der Waals surface area contributed by atoms with Crippen LogP contribution in [0.2, 0.25) is 0 Å². The van der Waals surface area contributed by atoms with Gasteiger partial charge in [0.1, 0.15) is 23.4 Å². The zero-order valence-corrected chi connectivity index (χ0v) is 22.0. The summed E-state index contributed by atoms with van der Waals surface area (Å²) in [6.07, 6.45) is 2.48. The Hall–Kier alpha value is -3.46. The van der Waals surface area contributed by atoms with E-state index in [2.05, 4.69) is 0 Å². The van der Waals surface area contributed by atoms with E-state index in [1.807, 2.05) is 31.2 Å². The number of ether oxygens (including phenoxy) is 3. The van der Waals surface area contributed by atoms with Crippen LogP contribution in [0.15, 0.2) is 48.5 Å². The number of methoxy groups -OCH3 is 1. The number of aromatic nitrogens is 1. The Labute approximate surface area is 222 Å². The standard InChI is InChI=1S/C30H34N2O6/c1-18-4-6-19(7-5-18)27-28-22(30(31,16-33)17-37-28)15-26(32-27)29(2,35)13-12-23(34)20-8-11-24(25(14-20)36-3)38-21-9-10-21/h4-8,11,14-15,21,33,35H,9-10,12-13,16-17,31H2,1-3H3. The molecule has 0 saturated heterocycles. The molecule has 3 aromatic rings. The van der Waals surface area contributed by atoms with Gasteiger partial charge >= 0.3 is 0 Å². The largest absolute Gasteiger partial charge is 0.493 e. The van der Waals surface area contributed by atoms with E-state index in [0.29, 0.717) is 39.8 Å². The van der Waals surface area contributed by atoms with E-state index < -0.39 is 11.1 Å². The number of aliphatic hydroxyl groups excluding tert-OH is 1. The predicted octanol–water partition coefficient (Wildman–Crippen LogP) is 4.02. The molecule has 0 radical (unpaired) electrons. The average molecular weight is 519 g/mol. The molecule has 0 spiro atoms. The highest BCUT2D eigenvalue weighted by molar-refractivity contribution is 5.96. The van der Waals surface area contributed by atoms with E-state index in [4.69, 9.17) is 24.9 Å². The molecule has 0 amide bonds. The third-order valence-electron chi connectivity index (χ3n) is 7.28. The van der Waals surface area contributed by atoms with Crippen molar-refractivity contribution in [1.29, 1.82) is 0 Å². The molecule has 1 saturated carbocycles. The van der Waals surface area contributed by atoms with Crippen molar-refractivity contribution < 1.29 is 29.2 Å². The molecule has 38 heavy (non-hydrogen) atoms. The molecule has 2 unspecified atom stereocenters. The molecule has 0 bridgehead atoms. The van der Waals surface area contributed by atoms with Crippen molar-refractivity contribution in [3.05, 3.63) is 70.9 Å². The van der Waals surface area contributed by atoms with Crippen molar-refractivity contribution in [1.82, 2.24) is 4.98 Å². The van der Waals surface area contributed by atoms with Gasteiger partial charge in [0.05, 0.1) is 25.5 Å². The first kappa shape index (κ1) is 26.2. The fourth-order valence-corrected chi connectivity index (χ4v) is 4.57. The summed E-state index contributed by atoms with van der Waals surface area (Å²) in [5.74, 6) is 1.51. The summed E-state index contributed by atoms with van der Waals surface area (Å²) in [6, 6.07) is 14.7. The number of ketones is 1. The van der Waals surface area contributed by atoms with Gasteiger partial charge in [0.25, 0.3) is 0 Å². The molecular weight excluding hydrogens is 484 g/mol. The number of hydrogen-bond donors (Lipinski definition) is 3. The zero-order valence-electron chi connectivity index (χ0n) is 22.0. The van der Waals surface area contributed by atoms with Crippen molar-refractivity contribution in [2.24, 2.45) is 5.73 Å². The minimum Gasteiger partial charge on any atom is -0.493 e. The zero-order chi connectivity index (χ0) is 27.1. The molecule has 5 rings (SSSR count). The van der Waals surface area contributed by atoms with Crippen LogP contribution in [-0.4, -0.2) is 47.4 Å². The Morgan fingerprint density at radius 2 is 1.92 bits per heavy atom. The number of nitrogens with two attached hydrogens (primary N) is 1. The molecule has 2 heterocycles. The minimum atomic E-state index is -1.44. The highest BCUT2D eigenvalue weighted by Gasteiger charge is 2.41. The number of Topliss-reactive ketones (excluding diaryl/α,β-unsaturated/α-hetero) is 1. The van der Waals surface area contributed by atoms with Gasteiger partial charge in [-0.1, -0.05) is 29.8 Å². The first-order valence-corrected chi connectivity index (χ1v) is 12.9. The van der Waals surface area contributed by atoms with Crippen molar-refractivity contribution in [2.75, 3.05) is 20.3 Å². The number of benzene rings is 2. The molecular formula is C30H34N2O6. The Morgan fingerprint density at radius 1 is 1.18 bits per heavy atom. The van der Waals surface area contributed by atoms with Gasteiger partial charge in [0, 0.05) is 23.1 Å². The molecule has 1 aliphatic carbocycles. The molecule has 8 nitrogen and oxygen atoms in total. The van der Waals surface area contributed by atoms with Crippen molar-refractivity contribution in [3.8, 4) is 28.5 Å². The van der Waals surface area contributed by atoms with E-state index in [9.17, 15) is 15.0 Å². The Kier molecular flexibility index (Phi) is 6.90. The summed E-state index contributed by atoms with van der Waals surface area (Å²) in [4.78, 5) is 17.9. The summed E-state index contributed by atoms with van der Waals surface area (Å²) < 4.78 is 17.2. The number of carbonyl (C=O) groups is 1. The monoisotopic (exact) mass is 518 g/mol. The van der Waals surface area contributed by atoms with E-state index >= 15 is 0 Å². The van der Waals surface area contributed by atoms with Crippen LogP contribution in [0.25, 0.3) is 11.3 Å². The number of fused-ring (bicyclic) bond motifs is 1. The lowest BCUT2D eigenvalue weighted by Crippen LogP contribution is -2.42. The third kappa shape index (κ3) is 5.12. The maximum atomic E-state index is 13.1. The second-order valence-electron chi connectivity index (χ2n) is 10.6. The summed E-state index contributed by atoms with van der Waals surface area (Å²) in [5.41, 5.74) is 7.79. The number of aryl methyl sites for hydroxylation is 1. The smallest absolute Gasteiger partial charge is 0.163 e. The van der Waals surface area contributed by atoms with Gasteiger partial charge in [-0.2, -0.15) is 0 Å². The molecule has 4 N–H and O–H groups in total. The van der Waals surface area contributed by atoms with Gasteiger partial charge in [-0.05, 0) is 57.4 Å². The molecule has 8 heteroatoms. The first-order valence-electron chi connectivity index (χ1n) is 12.9. The van der Waals surface area contributed by atoms with E-state index in [0.717, 1.165) is 24.0 Å². The van der Waals surface area contributed by atoms with Gasteiger partial charge in [0.2, 0.25) is 0 Å². The first-order chi connectivity index (χ1) is 18.1. The topological polar surface area (TPSA) is 124 Å². The lowest BCUT2D eigenvalue weighted by molar-refractivity contribution is 0.0396. The Balaban J connectivity index is 1.41. The van der Waals surface area contributed by atoms with Crippen LogP contribution in [-0.2, 0) is 11.1 Å². The van der Waals surface area contributed by atoms with Crippen LogP contribution in [0.5, 0.6) is 17.2 Å². The number of carbonyl (C=O) groups excluding carboxylic acids is 1. The van der Waals surface area contributed by atoms with Gasteiger partial charge < -0.3 is 30.2 Å². The van der Waals surface area contributed by atoms with E-state index in [-0.39, 0.29) is 37.9 Å². The Morgan fingerprint density at radius 3 is 2.58 bits per heavy atom. The highest BCUT2D eigenvalue weighted by atomic mass is 16.5. The number of rotatable bonds is 10. The lowest BCUT2D eigenvalue weighted by atomic mass is 9.87. The maximum Gasteiger partial charge on any atom is 0.163 e. The van der Waals surface area contributed by atoms with Gasteiger partial charge in [0.15, 0.2) is 23.0 Å². The van der Waals surface area contributed by atoms with Gasteiger partial charge in [-0.25, -0.2) is 4.98 Å². The maximum absolute atomic E-state index is 13.1. The number of pyridine rings is 1. The van der Waals surface area contributed by atoms with E-state index in [1.165, 1.54) is 0 Å². The fourth-order valence-electron chi connectivity index (χ4n) is 4.57. The fraction of sp³-hybridized carbons (Fsp3) is 0.400. The van der Waals surface area contributed by atoms with Crippen LogP contribution < -0.4 is 19.9 Å². The van der Waals surface area contributed by atoms with Crippen LogP contribution in [0.1, 0.15) is 59.8 Å². The van der Waals surface area contributed by atoms with Gasteiger partial charge in [-0.3, -0.25) is 4.79 Å². The van der Waals surface area contributed by atoms with Gasteiger partial charge in [-0.15, -0.1) is 0 Å². The van der Waals surface area contributed by atoms with Crippen LogP contribution in [0, 0.1) is 6.92 Å². The minimum absolute atomic E-state index is 0.0852.